The number of anilines is 1. The molecule has 1 aliphatic carbocycles. The molecule has 1 aromatic rings. The van der Waals surface area contributed by atoms with Crippen molar-refractivity contribution in [3.63, 3.8) is 0 Å². The molecule has 1 N–H and O–H groups in total. The second kappa shape index (κ2) is 5.12. The molecule has 0 bridgehead atoms. The maximum absolute atomic E-state index is 11.5. The molecule has 1 aliphatic rings. The van der Waals surface area contributed by atoms with Crippen LogP contribution in [0.5, 0.6) is 0 Å². The average Bonchev–Trinajstić information content (AvgIpc) is 2.30. The molecule has 1 aromatic carbocycles. The van der Waals surface area contributed by atoms with E-state index >= 15 is 0 Å². The Hall–Kier alpha value is -1.35. The maximum atomic E-state index is 11.5. The van der Waals surface area contributed by atoms with Crippen molar-refractivity contribution >= 4 is 28.8 Å². The SMILES string of the molecule is O=C1CCCC/C1=N/Nc1ccc(Cl)cc1. The van der Waals surface area contributed by atoms with Crippen LogP contribution >= 0.6 is 11.6 Å². The lowest BCUT2D eigenvalue weighted by Crippen LogP contribution is -2.19. The third kappa shape index (κ3) is 2.83. The summed E-state index contributed by atoms with van der Waals surface area (Å²) >= 11 is 5.77. The highest BCUT2D eigenvalue weighted by molar-refractivity contribution is 6.40. The van der Waals surface area contributed by atoms with Gasteiger partial charge in [-0.1, -0.05) is 11.6 Å². The molecule has 0 atom stereocenters. The highest BCUT2D eigenvalue weighted by atomic mass is 35.5. The van der Waals surface area contributed by atoms with Gasteiger partial charge in [0, 0.05) is 11.4 Å². The van der Waals surface area contributed by atoms with Crippen LogP contribution in [-0.4, -0.2) is 11.5 Å². The van der Waals surface area contributed by atoms with E-state index in [1.54, 1.807) is 12.1 Å². The van der Waals surface area contributed by atoms with Crippen LogP contribution < -0.4 is 5.43 Å². The van der Waals surface area contributed by atoms with Gasteiger partial charge in [0.15, 0.2) is 5.78 Å². The van der Waals surface area contributed by atoms with Crippen molar-refractivity contribution in [2.45, 2.75) is 25.7 Å². The molecule has 0 radical (unpaired) electrons. The number of benzene rings is 1. The van der Waals surface area contributed by atoms with E-state index in [0.717, 1.165) is 24.9 Å². The number of carbonyl (C=O) groups excluding carboxylic acids is 1. The lowest BCUT2D eigenvalue weighted by atomic mass is 9.97. The Labute approximate surface area is 99.5 Å². The predicted octanol–water partition coefficient (Wildman–Crippen LogP) is 3.25. The van der Waals surface area contributed by atoms with Gasteiger partial charge in [0.2, 0.25) is 0 Å². The van der Waals surface area contributed by atoms with Crippen LogP contribution in [0, 0.1) is 0 Å². The number of Topliss-reactive ketones (excluding diaryl/α,β-unsaturated/α-hetero) is 1. The van der Waals surface area contributed by atoms with Crippen molar-refractivity contribution in [1.29, 1.82) is 0 Å². The zero-order valence-corrected chi connectivity index (χ0v) is 9.63. The number of ketones is 1. The van der Waals surface area contributed by atoms with Crippen LogP contribution in [-0.2, 0) is 4.79 Å². The molecule has 16 heavy (non-hydrogen) atoms. The Morgan fingerprint density at radius 3 is 2.50 bits per heavy atom. The number of rotatable bonds is 2. The van der Waals surface area contributed by atoms with Crippen LogP contribution in [0.15, 0.2) is 29.4 Å². The predicted molar refractivity (Wildman–Crippen MR) is 66.0 cm³/mol. The largest absolute Gasteiger partial charge is 0.293 e. The summed E-state index contributed by atoms with van der Waals surface area (Å²) in [5.74, 6) is 0.160. The van der Waals surface area contributed by atoms with Gasteiger partial charge in [0.25, 0.3) is 0 Å². The fourth-order valence-corrected chi connectivity index (χ4v) is 1.76. The van der Waals surface area contributed by atoms with Crippen LogP contribution in [0.2, 0.25) is 5.02 Å². The van der Waals surface area contributed by atoms with Crippen molar-refractivity contribution in [3.8, 4) is 0 Å². The second-order valence-electron chi connectivity index (χ2n) is 3.81. The van der Waals surface area contributed by atoms with Crippen LogP contribution in [0.3, 0.4) is 0 Å². The minimum atomic E-state index is 0.160. The zero-order valence-electron chi connectivity index (χ0n) is 8.87. The van der Waals surface area contributed by atoms with Gasteiger partial charge in [0.05, 0.1) is 5.69 Å². The number of carbonyl (C=O) groups is 1. The molecule has 0 amide bonds. The van der Waals surface area contributed by atoms with Crippen LogP contribution in [0.1, 0.15) is 25.7 Å². The first-order valence-electron chi connectivity index (χ1n) is 5.37. The Balaban J connectivity index is 2.02. The summed E-state index contributed by atoms with van der Waals surface area (Å²) in [5, 5.41) is 4.83. The second-order valence-corrected chi connectivity index (χ2v) is 4.24. The number of nitrogens with zero attached hydrogens (tertiary/aromatic N) is 1. The van der Waals surface area contributed by atoms with Gasteiger partial charge < -0.3 is 0 Å². The molecule has 2 rings (SSSR count). The third-order valence-corrected chi connectivity index (χ3v) is 2.81. The molecule has 0 spiro atoms. The van der Waals surface area contributed by atoms with E-state index in [4.69, 9.17) is 11.6 Å². The molecule has 0 aliphatic heterocycles. The standard InChI is InChI=1S/C12H13ClN2O/c13-9-5-7-10(8-6-9)14-15-11-3-1-2-4-12(11)16/h5-8,14H,1-4H2/b15-11-. The Kier molecular flexibility index (Phi) is 3.57. The zero-order chi connectivity index (χ0) is 11.4. The van der Waals surface area contributed by atoms with Gasteiger partial charge in [-0.2, -0.15) is 5.10 Å². The lowest BCUT2D eigenvalue weighted by Gasteiger charge is -2.11. The van der Waals surface area contributed by atoms with E-state index in [0.29, 0.717) is 17.2 Å². The van der Waals surface area contributed by atoms with Gasteiger partial charge >= 0.3 is 0 Å². The summed E-state index contributed by atoms with van der Waals surface area (Å²) in [6.07, 6.45) is 3.44. The highest BCUT2D eigenvalue weighted by Crippen LogP contribution is 2.15. The quantitative estimate of drug-likeness (QED) is 0.801. The number of halogens is 1. The molecule has 0 aromatic heterocycles. The van der Waals surface area contributed by atoms with Gasteiger partial charge in [-0.15, -0.1) is 0 Å². The van der Waals surface area contributed by atoms with Crippen molar-refractivity contribution in [1.82, 2.24) is 0 Å². The van der Waals surface area contributed by atoms with Crippen molar-refractivity contribution in [3.05, 3.63) is 29.3 Å². The highest BCUT2D eigenvalue weighted by Gasteiger charge is 2.16. The van der Waals surface area contributed by atoms with E-state index < -0.39 is 0 Å². The van der Waals surface area contributed by atoms with Gasteiger partial charge in [-0.3, -0.25) is 10.2 Å². The summed E-state index contributed by atoms with van der Waals surface area (Å²) in [5.41, 5.74) is 4.38. The van der Waals surface area contributed by atoms with Crippen molar-refractivity contribution < 1.29 is 4.79 Å². The van der Waals surface area contributed by atoms with E-state index in [-0.39, 0.29) is 5.78 Å². The number of hydrogen-bond acceptors (Lipinski definition) is 3. The summed E-state index contributed by atoms with van der Waals surface area (Å²) in [6, 6.07) is 7.24. The fraction of sp³-hybridized carbons (Fsp3) is 0.333. The van der Waals surface area contributed by atoms with Crippen LogP contribution in [0.4, 0.5) is 5.69 Å². The van der Waals surface area contributed by atoms with Crippen molar-refractivity contribution in [2.24, 2.45) is 5.10 Å². The van der Waals surface area contributed by atoms with E-state index in [1.165, 1.54) is 0 Å². The topological polar surface area (TPSA) is 41.5 Å². The summed E-state index contributed by atoms with van der Waals surface area (Å²) in [4.78, 5) is 11.5. The molecule has 0 unspecified atom stereocenters. The Morgan fingerprint density at radius 2 is 1.81 bits per heavy atom. The molecular formula is C12H13ClN2O. The molecule has 4 heteroatoms. The molecule has 1 fully saturated rings. The first-order chi connectivity index (χ1) is 7.75. The minimum Gasteiger partial charge on any atom is -0.293 e. The summed E-state index contributed by atoms with van der Waals surface area (Å²) in [6.45, 7) is 0. The van der Waals surface area contributed by atoms with Crippen molar-refractivity contribution in [2.75, 3.05) is 5.43 Å². The normalized spacial score (nSPS) is 18.8. The molecular weight excluding hydrogens is 224 g/mol. The number of hydrogen-bond donors (Lipinski definition) is 1. The number of nitrogens with one attached hydrogen (secondary N) is 1. The lowest BCUT2D eigenvalue weighted by molar-refractivity contribution is -0.113. The fourth-order valence-electron chi connectivity index (χ4n) is 1.64. The molecule has 0 heterocycles. The summed E-state index contributed by atoms with van der Waals surface area (Å²) < 4.78 is 0. The maximum Gasteiger partial charge on any atom is 0.178 e. The van der Waals surface area contributed by atoms with Gasteiger partial charge in [-0.25, -0.2) is 0 Å². The van der Waals surface area contributed by atoms with Crippen LogP contribution in [0.25, 0.3) is 0 Å². The van der Waals surface area contributed by atoms with E-state index in [9.17, 15) is 4.79 Å². The third-order valence-electron chi connectivity index (χ3n) is 2.55. The minimum absolute atomic E-state index is 0.160. The van der Waals surface area contributed by atoms with Gasteiger partial charge in [-0.05, 0) is 43.5 Å². The monoisotopic (exact) mass is 236 g/mol. The van der Waals surface area contributed by atoms with Gasteiger partial charge in [0.1, 0.15) is 5.71 Å². The molecule has 0 saturated heterocycles. The first kappa shape index (κ1) is 11.1. The molecule has 84 valence electrons. The molecule has 1 saturated carbocycles. The van der Waals surface area contributed by atoms with E-state index in [1.807, 2.05) is 12.1 Å². The average molecular weight is 237 g/mol. The summed E-state index contributed by atoms with van der Waals surface area (Å²) in [7, 11) is 0. The first-order valence-corrected chi connectivity index (χ1v) is 5.75. The Bertz CT molecular complexity index is 412. The molecule has 3 nitrogen and oxygen atoms in total. The number of hydrazone groups is 1. The smallest absolute Gasteiger partial charge is 0.178 e. The van der Waals surface area contributed by atoms with E-state index in [2.05, 4.69) is 10.5 Å². The Morgan fingerprint density at radius 1 is 1.12 bits per heavy atom.